The number of hydrogen-bond acceptors (Lipinski definition) is 2. The van der Waals surface area contributed by atoms with E-state index in [2.05, 4.69) is 5.32 Å². The van der Waals surface area contributed by atoms with Crippen molar-refractivity contribution in [3.63, 3.8) is 0 Å². The Bertz CT molecular complexity index is 525. The summed E-state index contributed by atoms with van der Waals surface area (Å²) >= 11 is 0. The van der Waals surface area contributed by atoms with Gasteiger partial charge >= 0.3 is 0 Å². The van der Waals surface area contributed by atoms with Crippen LogP contribution in [-0.2, 0) is 11.3 Å². The van der Waals surface area contributed by atoms with Crippen LogP contribution in [0.4, 0.5) is 4.39 Å². The standard InChI is InChI=1S/C17H23FN2O/c1-2-20(12-13-4-3-5-14(18)10-13)16(21)15-11-17(15)6-8-19-9-7-17/h3-5,10,15,19H,2,6-9,11-12H2,1H3. The highest BCUT2D eigenvalue weighted by Gasteiger charge is 2.58. The molecule has 1 spiro atoms. The minimum atomic E-state index is -0.239. The van der Waals surface area contributed by atoms with E-state index in [4.69, 9.17) is 0 Å². The fraction of sp³-hybridized carbons (Fsp3) is 0.588. The van der Waals surface area contributed by atoms with E-state index < -0.39 is 0 Å². The summed E-state index contributed by atoms with van der Waals surface area (Å²) < 4.78 is 13.3. The van der Waals surface area contributed by atoms with E-state index in [0.29, 0.717) is 13.1 Å². The highest BCUT2D eigenvalue weighted by molar-refractivity contribution is 5.82. The van der Waals surface area contributed by atoms with Gasteiger partial charge in [0.2, 0.25) is 5.91 Å². The quantitative estimate of drug-likeness (QED) is 0.924. The first-order valence-corrected chi connectivity index (χ1v) is 7.88. The molecule has 0 aromatic heterocycles. The van der Waals surface area contributed by atoms with Gasteiger partial charge in [0.05, 0.1) is 0 Å². The third kappa shape index (κ3) is 2.95. The number of carbonyl (C=O) groups is 1. The number of hydrogen-bond donors (Lipinski definition) is 1. The topological polar surface area (TPSA) is 32.3 Å². The normalized spacial score (nSPS) is 23.0. The number of nitrogens with zero attached hydrogens (tertiary/aromatic N) is 1. The lowest BCUT2D eigenvalue weighted by Crippen LogP contribution is -2.36. The van der Waals surface area contributed by atoms with Gasteiger partial charge in [-0.05, 0) is 62.4 Å². The molecule has 1 aliphatic heterocycles. The van der Waals surface area contributed by atoms with Gasteiger partial charge < -0.3 is 10.2 Å². The second-order valence-corrected chi connectivity index (χ2v) is 6.35. The van der Waals surface area contributed by atoms with Crippen molar-refractivity contribution in [2.75, 3.05) is 19.6 Å². The third-order valence-corrected chi connectivity index (χ3v) is 5.04. The molecule has 1 saturated heterocycles. The summed E-state index contributed by atoms with van der Waals surface area (Å²) in [5.41, 5.74) is 1.13. The van der Waals surface area contributed by atoms with Gasteiger partial charge in [0.25, 0.3) is 0 Å². The predicted octanol–water partition coefficient (Wildman–Crippen LogP) is 2.56. The number of nitrogens with one attached hydrogen (secondary N) is 1. The SMILES string of the molecule is CCN(Cc1cccc(F)c1)C(=O)C1CC12CCNCC2. The van der Waals surface area contributed by atoms with Crippen molar-refractivity contribution in [1.29, 1.82) is 0 Å². The first-order chi connectivity index (χ1) is 10.1. The lowest BCUT2D eigenvalue weighted by molar-refractivity contribution is -0.134. The van der Waals surface area contributed by atoms with Crippen molar-refractivity contribution >= 4 is 5.91 Å². The fourth-order valence-corrected chi connectivity index (χ4v) is 3.60. The van der Waals surface area contributed by atoms with Crippen LogP contribution in [0.1, 0.15) is 31.7 Å². The molecule has 3 rings (SSSR count). The summed E-state index contributed by atoms with van der Waals surface area (Å²) in [6, 6.07) is 6.54. The Balaban J connectivity index is 1.65. The van der Waals surface area contributed by atoms with E-state index in [0.717, 1.165) is 37.9 Å². The van der Waals surface area contributed by atoms with E-state index in [1.807, 2.05) is 17.9 Å². The van der Waals surface area contributed by atoms with Gasteiger partial charge in [0, 0.05) is 19.0 Å². The number of benzene rings is 1. The average molecular weight is 290 g/mol. The third-order valence-electron chi connectivity index (χ3n) is 5.04. The van der Waals surface area contributed by atoms with Crippen LogP contribution in [0.25, 0.3) is 0 Å². The van der Waals surface area contributed by atoms with Gasteiger partial charge in [0.1, 0.15) is 5.82 Å². The monoisotopic (exact) mass is 290 g/mol. The second kappa shape index (κ2) is 5.76. The van der Waals surface area contributed by atoms with Crippen molar-refractivity contribution in [3.05, 3.63) is 35.6 Å². The molecular formula is C17H23FN2O. The largest absolute Gasteiger partial charge is 0.338 e. The Morgan fingerprint density at radius 1 is 1.43 bits per heavy atom. The smallest absolute Gasteiger partial charge is 0.226 e. The Morgan fingerprint density at radius 3 is 2.86 bits per heavy atom. The average Bonchev–Trinajstić information content (AvgIpc) is 3.18. The minimum Gasteiger partial charge on any atom is -0.338 e. The van der Waals surface area contributed by atoms with Crippen LogP contribution in [0.5, 0.6) is 0 Å². The Labute approximate surface area is 125 Å². The van der Waals surface area contributed by atoms with Crippen LogP contribution in [0.3, 0.4) is 0 Å². The number of piperidine rings is 1. The van der Waals surface area contributed by atoms with Crippen LogP contribution in [0.2, 0.25) is 0 Å². The molecule has 0 radical (unpaired) electrons. The Kier molecular flexibility index (Phi) is 3.98. The van der Waals surface area contributed by atoms with Crippen LogP contribution in [0, 0.1) is 17.2 Å². The molecule has 2 aliphatic rings. The molecule has 1 saturated carbocycles. The summed E-state index contributed by atoms with van der Waals surface area (Å²) in [4.78, 5) is 14.6. The maximum Gasteiger partial charge on any atom is 0.226 e. The van der Waals surface area contributed by atoms with Gasteiger partial charge in [0.15, 0.2) is 0 Å². The number of rotatable bonds is 4. The van der Waals surface area contributed by atoms with E-state index in [-0.39, 0.29) is 23.1 Å². The number of carbonyl (C=O) groups excluding carboxylic acids is 1. The Morgan fingerprint density at radius 2 is 2.19 bits per heavy atom. The Hall–Kier alpha value is -1.42. The molecule has 114 valence electrons. The lowest BCUT2D eigenvalue weighted by atomic mass is 9.91. The highest BCUT2D eigenvalue weighted by Crippen LogP contribution is 2.59. The molecule has 0 bridgehead atoms. The highest BCUT2D eigenvalue weighted by atomic mass is 19.1. The van der Waals surface area contributed by atoms with Gasteiger partial charge in [-0.1, -0.05) is 12.1 Å². The van der Waals surface area contributed by atoms with Crippen LogP contribution in [-0.4, -0.2) is 30.4 Å². The zero-order chi connectivity index (χ0) is 14.9. The first-order valence-electron chi connectivity index (χ1n) is 7.88. The number of amides is 1. The van der Waals surface area contributed by atoms with Crippen LogP contribution >= 0.6 is 0 Å². The maximum absolute atomic E-state index is 13.3. The molecular weight excluding hydrogens is 267 g/mol. The molecule has 1 unspecified atom stereocenters. The van der Waals surface area contributed by atoms with E-state index in [1.165, 1.54) is 12.1 Å². The van der Waals surface area contributed by atoms with Crippen molar-refractivity contribution in [3.8, 4) is 0 Å². The first kappa shape index (κ1) is 14.5. The summed E-state index contributed by atoms with van der Waals surface area (Å²) in [6.07, 6.45) is 3.26. The summed E-state index contributed by atoms with van der Waals surface area (Å²) in [6.45, 7) is 5.24. The van der Waals surface area contributed by atoms with Crippen LogP contribution in [0.15, 0.2) is 24.3 Å². The molecule has 1 aromatic rings. The zero-order valence-corrected chi connectivity index (χ0v) is 12.6. The molecule has 3 nitrogen and oxygen atoms in total. The van der Waals surface area contributed by atoms with Gasteiger partial charge in [-0.25, -0.2) is 4.39 Å². The molecule has 21 heavy (non-hydrogen) atoms. The molecule has 2 fully saturated rings. The fourth-order valence-electron chi connectivity index (χ4n) is 3.60. The predicted molar refractivity (Wildman–Crippen MR) is 80.1 cm³/mol. The van der Waals surface area contributed by atoms with E-state index in [9.17, 15) is 9.18 Å². The molecule has 1 aromatic carbocycles. The van der Waals surface area contributed by atoms with E-state index in [1.54, 1.807) is 6.07 Å². The minimum absolute atomic E-state index is 0.188. The van der Waals surface area contributed by atoms with Gasteiger partial charge in [-0.2, -0.15) is 0 Å². The van der Waals surface area contributed by atoms with Crippen molar-refractivity contribution in [2.45, 2.75) is 32.7 Å². The van der Waals surface area contributed by atoms with Gasteiger partial charge in [-0.3, -0.25) is 4.79 Å². The summed E-state index contributed by atoms with van der Waals surface area (Å²) in [5.74, 6) is 0.203. The second-order valence-electron chi connectivity index (χ2n) is 6.35. The van der Waals surface area contributed by atoms with Crippen molar-refractivity contribution in [2.24, 2.45) is 11.3 Å². The molecule has 1 heterocycles. The number of halogens is 1. The molecule has 1 aliphatic carbocycles. The van der Waals surface area contributed by atoms with E-state index >= 15 is 0 Å². The maximum atomic E-state index is 13.3. The molecule has 1 N–H and O–H groups in total. The van der Waals surface area contributed by atoms with Crippen LogP contribution < -0.4 is 5.32 Å². The van der Waals surface area contributed by atoms with Crippen molar-refractivity contribution in [1.82, 2.24) is 10.2 Å². The lowest BCUT2D eigenvalue weighted by Gasteiger charge is -2.26. The molecule has 1 atom stereocenters. The summed E-state index contributed by atoms with van der Waals surface area (Å²) in [7, 11) is 0. The molecule has 1 amide bonds. The molecule has 4 heteroatoms. The summed E-state index contributed by atoms with van der Waals surface area (Å²) in [5, 5.41) is 3.36. The van der Waals surface area contributed by atoms with Gasteiger partial charge in [-0.15, -0.1) is 0 Å². The van der Waals surface area contributed by atoms with Crippen molar-refractivity contribution < 1.29 is 9.18 Å². The zero-order valence-electron chi connectivity index (χ0n) is 12.6.